The molecular weight excluding hydrogens is 513 g/mol. The Morgan fingerprint density at radius 1 is 1.17 bits per heavy atom. The Bertz CT molecular complexity index is 1450. The van der Waals surface area contributed by atoms with Crippen molar-refractivity contribution in [1.29, 1.82) is 0 Å². The maximum Gasteiger partial charge on any atom is 0.253 e. The first-order valence-corrected chi connectivity index (χ1v) is 15.1. The van der Waals surface area contributed by atoms with Gasteiger partial charge in [0, 0.05) is 18.9 Å². The van der Waals surface area contributed by atoms with Crippen LogP contribution in [-0.2, 0) is 21.4 Å². The van der Waals surface area contributed by atoms with Crippen LogP contribution in [0.1, 0.15) is 50.2 Å². The van der Waals surface area contributed by atoms with Gasteiger partial charge in [0.2, 0.25) is 5.91 Å². The fraction of sp³-hybridized carbons (Fsp3) is 0.346. The Hall–Kier alpha value is -2.66. The number of thiazole rings is 1. The Balaban J connectivity index is 1.57. The third kappa shape index (κ3) is 4.82. The number of carbonyl (C=O) groups is 1. The number of anilines is 1. The summed E-state index contributed by atoms with van der Waals surface area (Å²) in [6.07, 6.45) is 5.43. The summed E-state index contributed by atoms with van der Waals surface area (Å²) in [6.45, 7) is 4.85. The molecule has 0 bridgehead atoms. The number of piperidine rings is 1. The van der Waals surface area contributed by atoms with Crippen LogP contribution in [0.4, 0.5) is 5.13 Å². The number of aromatic nitrogens is 2. The SMILES string of the molecule is CC(C)c1cccc2sc(N(Cc3cccnc3)C(=O)C3CCCCN3S(=O)(=O)c3cccs3)nc12. The first kappa shape index (κ1) is 25.0. The first-order valence-electron chi connectivity index (χ1n) is 12.0. The van der Waals surface area contributed by atoms with Crippen molar-refractivity contribution in [2.24, 2.45) is 0 Å². The number of sulfonamides is 1. The molecule has 1 amide bonds. The average molecular weight is 541 g/mol. The van der Waals surface area contributed by atoms with E-state index in [1.165, 1.54) is 27.0 Å². The number of carbonyl (C=O) groups excluding carboxylic acids is 1. The van der Waals surface area contributed by atoms with E-state index in [2.05, 4.69) is 24.9 Å². The van der Waals surface area contributed by atoms with Gasteiger partial charge >= 0.3 is 0 Å². The summed E-state index contributed by atoms with van der Waals surface area (Å²) in [5.41, 5.74) is 2.88. The second kappa shape index (κ2) is 10.4. The standard InChI is InChI=1S/C26H28N4O3S3/c1-18(2)20-9-5-11-22-24(20)28-26(35-22)29(17-19-8-6-13-27-16-19)25(31)21-10-3-4-14-30(21)36(32,33)23-12-7-15-34-23/h5-9,11-13,15-16,18,21H,3-4,10,14,17H2,1-2H3. The Morgan fingerprint density at radius 2 is 2.03 bits per heavy atom. The Kier molecular flexibility index (Phi) is 7.21. The lowest BCUT2D eigenvalue weighted by Crippen LogP contribution is -2.52. The predicted octanol–water partition coefficient (Wildman–Crippen LogP) is 5.65. The van der Waals surface area contributed by atoms with Crippen molar-refractivity contribution in [3.63, 3.8) is 0 Å². The van der Waals surface area contributed by atoms with Crippen molar-refractivity contribution >= 4 is 54.0 Å². The van der Waals surface area contributed by atoms with Crippen LogP contribution in [0.15, 0.2) is 64.4 Å². The monoisotopic (exact) mass is 540 g/mol. The minimum atomic E-state index is -3.77. The van der Waals surface area contributed by atoms with Crippen molar-refractivity contribution in [3.05, 3.63) is 71.4 Å². The highest BCUT2D eigenvalue weighted by molar-refractivity contribution is 7.91. The van der Waals surface area contributed by atoms with Crippen LogP contribution >= 0.6 is 22.7 Å². The molecule has 0 saturated carbocycles. The van der Waals surface area contributed by atoms with E-state index in [9.17, 15) is 13.2 Å². The number of para-hydroxylation sites is 1. The number of hydrogen-bond acceptors (Lipinski definition) is 7. The van der Waals surface area contributed by atoms with E-state index in [1.807, 2.05) is 24.3 Å². The molecule has 1 unspecified atom stereocenters. The molecule has 0 aliphatic carbocycles. The highest BCUT2D eigenvalue weighted by atomic mass is 32.2. The van der Waals surface area contributed by atoms with E-state index in [1.54, 1.807) is 34.8 Å². The minimum absolute atomic E-state index is 0.246. The molecule has 5 rings (SSSR count). The van der Waals surface area contributed by atoms with Gasteiger partial charge in [-0.1, -0.05) is 55.9 Å². The zero-order valence-corrected chi connectivity index (χ0v) is 22.7. The number of pyridine rings is 1. The van der Waals surface area contributed by atoms with Gasteiger partial charge in [-0.05, 0) is 53.5 Å². The molecule has 1 aliphatic rings. The van der Waals surface area contributed by atoms with Crippen molar-refractivity contribution in [2.75, 3.05) is 11.4 Å². The molecule has 4 aromatic rings. The number of amides is 1. The van der Waals surface area contributed by atoms with Gasteiger partial charge < -0.3 is 0 Å². The summed E-state index contributed by atoms with van der Waals surface area (Å²) in [4.78, 5) is 25.0. The molecule has 7 nitrogen and oxygen atoms in total. The summed E-state index contributed by atoms with van der Waals surface area (Å²) in [6, 6.07) is 12.4. The summed E-state index contributed by atoms with van der Waals surface area (Å²) in [7, 11) is -3.77. The van der Waals surface area contributed by atoms with Crippen LogP contribution in [0.25, 0.3) is 10.2 Å². The Labute approximate surface area is 219 Å². The minimum Gasteiger partial charge on any atom is -0.282 e. The van der Waals surface area contributed by atoms with Crippen molar-refractivity contribution < 1.29 is 13.2 Å². The first-order chi connectivity index (χ1) is 17.4. The van der Waals surface area contributed by atoms with E-state index >= 15 is 0 Å². The maximum atomic E-state index is 14.2. The van der Waals surface area contributed by atoms with E-state index in [4.69, 9.17) is 4.98 Å². The topological polar surface area (TPSA) is 83.5 Å². The van der Waals surface area contributed by atoms with E-state index in [0.29, 0.717) is 18.1 Å². The zero-order valence-electron chi connectivity index (χ0n) is 20.2. The lowest BCUT2D eigenvalue weighted by Gasteiger charge is -2.35. The smallest absolute Gasteiger partial charge is 0.253 e. The number of thiophene rings is 1. The van der Waals surface area contributed by atoms with Gasteiger partial charge in [-0.15, -0.1) is 11.3 Å². The molecule has 36 heavy (non-hydrogen) atoms. The van der Waals surface area contributed by atoms with E-state index in [0.717, 1.165) is 34.2 Å². The number of hydrogen-bond donors (Lipinski definition) is 0. The largest absolute Gasteiger partial charge is 0.282 e. The van der Waals surface area contributed by atoms with Crippen molar-refractivity contribution in [1.82, 2.24) is 14.3 Å². The van der Waals surface area contributed by atoms with Crippen molar-refractivity contribution in [3.8, 4) is 0 Å². The van der Waals surface area contributed by atoms with Gasteiger partial charge in [-0.2, -0.15) is 4.31 Å². The number of rotatable bonds is 7. The second-order valence-corrected chi connectivity index (χ2v) is 13.3. The van der Waals surface area contributed by atoms with Crippen molar-refractivity contribution in [2.45, 2.75) is 55.8 Å². The van der Waals surface area contributed by atoms with E-state index in [-0.39, 0.29) is 22.6 Å². The maximum absolute atomic E-state index is 14.2. The van der Waals surface area contributed by atoms with Crippen LogP contribution < -0.4 is 4.90 Å². The number of nitrogens with zero attached hydrogens (tertiary/aromatic N) is 4. The van der Waals surface area contributed by atoms with Crippen LogP contribution in [0.5, 0.6) is 0 Å². The molecule has 0 N–H and O–H groups in total. The molecule has 0 radical (unpaired) electrons. The molecule has 0 spiro atoms. The fourth-order valence-corrected chi connectivity index (χ4v) is 8.37. The third-order valence-electron chi connectivity index (χ3n) is 6.42. The summed E-state index contributed by atoms with van der Waals surface area (Å²) in [5.74, 6) is 0.0414. The summed E-state index contributed by atoms with van der Waals surface area (Å²) in [5, 5.41) is 2.32. The summed E-state index contributed by atoms with van der Waals surface area (Å²) >= 11 is 2.64. The molecule has 1 aromatic carbocycles. The zero-order chi connectivity index (χ0) is 25.3. The van der Waals surface area contributed by atoms with Gasteiger partial charge in [0.25, 0.3) is 10.0 Å². The number of benzene rings is 1. The van der Waals surface area contributed by atoms with Gasteiger partial charge in [0.05, 0.1) is 16.8 Å². The lowest BCUT2D eigenvalue weighted by atomic mass is 10.0. The van der Waals surface area contributed by atoms with Crippen LogP contribution in [0, 0.1) is 0 Å². The van der Waals surface area contributed by atoms with Gasteiger partial charge in [0.15, 0.2) is 5.13 Å². The van der Waals surface area contributed by atoms with Crippen LogP contribution in [-0.4, -0.2) is 41.2 Å². The molecule has 4 heterocycles. The molecule has 1 saturated heterocycles. The van der Waals surface area contributed by atoms with E-state index < -0.39 is 16.1 Å². The van der Waals surface area contributed by atoms with Gasteiger partial charge in [0.1, 0.15) is 10.3 Å². The lowest BCUT2D eigenvalue weighted by molar-refractivity contribution is -0.123. The summed E-state index contributed by atoms with van der Waals surface area (Å²) < 4.78 is 29.6. The highest BCUT2D eigenvalue weighted by Crippen LogP contribution is 2.36. The normalized spacial score (nSPS) is 17.0. The fourth-order valence-electron chi connectivity index (χ4n) is 4.60. The predicted molar refractivity (Wildman–Crippen MR) is 145 cm³/mol. The molecule has 1 aliphatic heterocycles. The number of fused-ring (bicyclic) bond motifs is 1. The van der Waals surface area contributed by atoms with Crippen LogP contribution in [0.2, 0.25) is 0 Å². The second-order valence-electron chi connectivity index (χ2n) is 9.19. The molecule has 3 aromatic heterocycles. The Morgan fingerprint density at radius 3 is 2.75 bits per heavy atom. The quantitative estimate of drug-likeness (QED) is 0.302. The molecule has 1 fully saturated rings. The third-order valence-corrected chi connectivity index (χ3v) is 10.7. The molecular formula is C26H28N4O3S3. The molecule has 10 heteroatoms. The van der Waals surface area contributed by atoms with Gasteiger partial charge in [-0.3, -0.25) is 14.7 Å². The molecule has 188 valence electrons. The average Bonchev–Trinajstić information content (AvgIpc) is 3.58. The van der Waals surface area contributed by atoms with Gasteiger partial charge in [-0.25, -0.2) is 13.4 Å². The van der Waals surface area contributed by atoms with Crippen LogP contribution in [0.3, 0.4) is 0 Å². The highest BCUT2D eigenvalue weighted by Gasteiger charge is 2.41. The molecule has 1 atom stereocenters.